The number of carbonyl (C=O) groups excluding carboxylic acids is 2. The van der Waals surface area contributed by atoms with E-state index < -0.39 is 11.9 Å². The van der Waals surface area contributed by atoms with E-state index in [1.807, 2.05) is 0 Å². The van der Waals surface area contributed by atoms with Gasteiger partial charge in [-0.15, -0.1) is 0 Å². The molecule has 0 saturated carbocycles. The monoisotopic (exact) mass is 251 g/mol. The molecule has 98 valence electrons. The van der Waals surface area contributed by atoms with Gasteiger partial charge in [0, 0.05) is 7.05 Å². The second-order valence-electron chi connectivity index (χ2n) is 4.14. The Bertz CT molecular complexity index is 431. The van der Waals surface area contributed by atoms with E-state index in [1.165, 1.54) is 24.1 Å². The zero-order chi connectivity index (χ0) is 13.7. The minimum absolute atomic E-state index is 0.151. The fraction of sp³-hybridized carbons (Fsp3) is 0.333. The molecule has 0 aliphatic heterocycles. The molecule has 6 heteroatoms. The number of hydrogen-bond donors (Lipinski definition) is 3. The molecule has 0 aliphatic carbocycles. The van der Waals surface area contributed by atoms with Crippen molar-refractivity contribution in [1.82, 2.24) is 4.90 Å². The number of amides is 2. The van der Waals surface area contributed by atoms with Gasteiger partial charge in [-0.3, -0.25) is 9.59 Å². The first-order valence-corrected chi connectivity index (χ1v) is 5.47. The van der Waals surface area contributed by atoms with Gasteiger partial charge in [0.2, 0.25) is 11.8 Å². The molecule has 0 radical (unpaired) electrons. The highest BCUT2D eigenvalue weighted by atomic mass is 16.3. The molecular weight excluding hydrogens is 234 g/mol. The molecule has 1 rings (SSSR count). The lowest BCUT2D eigenvalue weighted by Gasteiger charge is -2.19. The predicted octanol–water partition coefficient (Wildman–Crippen LogP) is -0.794. The maximum absolute atomic E-state index is 11.8. The molecule has 18 heavy (non-hydrogen) atoms. The summed E-state index contributed by atoms with van der Waals surface area (Å²) in [5.41, 5.74) is 11.6. The van der Waals surface area contributed by atoms with Crippen LogP contribution in [0.1, 0.15) is 5.56 Å². The highest BCUT2D eigenvalue weighted by Crippen LogP contribution is 2.11. The van der Waals surface area contributed by atoms with Crippen LogP contribution >= 0.6 is 0 Å². The molecular formula is C12H17N3O3. The van der Waals surface area contributed by atoms with Crippen LogP contribution in [-0.4, -0.2) is 41.5 Å². The van der Waals surface area contributed by atoms with Gasteiger partial charge in [0.25, 0.3) is 0 Å². The molecule has 0 aromatic heterocycles. The van der Waals surface area contributed by atoms with Gasteiger partial charge in [-0.1, -0.05) is 12.1 Å². The van der Waals surface area contributed by atoms with Crippen molar-refractivity contribution in [3.8, 4) is 5.75 Å². The lowest BCUT2D eigenvalue weighted by atomic mass is 10.1. The summed E-state index contributed by atoms with van der Waals surface area (Å²) in [4.78, 5) is 23.7. The number of carbonyl (C=O) groups is 2. The first-order valence-electron chi connectivity index (χ1n) is 5.47. The van der Waals surface area contributed by atoms with Crippen molar-refractivity contribution in [2.75, 3.05) is 13.6 Å². The molecule has 5 N–H and O–H groups in total. The van der Waals surface area contributed by atoms with Crippen molar-refractivity contribution in [1.29, 1.82) is 0 Å². The fourth-order valence-electron chi connectivity index (χ4n) is 1.57. The Kier molecular flexibility index (Phi) is 4.67. The van der Waals surface area contributed by atoms with Crippen LogP contribution in [0.2, 0.25) is 0 Å². The van der Waals surface area contributed by atoms with Crippen LogP contribution in [0.25, 0.3) is 0 Å². The zero-order valence-electron chi connectivity index (χ0n) is 10.2. The average molecular weight is 251 g/mol. The van der Waals surface area contributed by atoms with Crippen LogP contribution in [0.4, 0.5) is 0 Å². The molecule has 1 unspecified atom stereocenters. The zero-order valence-corrected chi connectivity index (χ0v) is 10.2. The predicted molar refractivity (Wildman–Crippen MR) is 66.6 cm³/mol. The van der Waals surface area contributed by atoms with E-state index in [-0.39, 0.29) is 18.2 Å². The fourth-order valence-corrected chi connectivity index (χ4v) is 1.57. The van der Waals surface area contributed by atoms with Crippen LogP contribution in [0, 0.1) is 0 Å². The minimum Gasteiger partial charge on any atom is -0.508 e. The molecule has 6 nitrogen and oxygen atoms in total. The van der Waals surface area contributed by atoms with Crippen LogP contribution < -0.4 is 11.5 Å². The van der Waals surface area contributed by atoms with Gasteiger partial charge >= 0.3 is 0 Å². The van der Waals surface area contributed by atoms with E-state index in [1.54, 1.807) is 12.1 Å². The third-order valence-corrected chi connectivity index (χ3v) is 2.48. The summed E-state index contributed by atoms with van der Waals surface area (Å²) in [6.07, 6.45) is 0.336. The van der Waals surface area contributed by atoms with Crippen molar-refractivity contribution in [3.63, 3.8) is 0 Å². The van der Waals surface area contributed by atoms with Crippen LogP contribution in [0.15, 0.2) is 24.3 Å². The van der Waals surface area contributed by atoms with Crippen molar-refractivity contribution >= 4 is 11.8 Å². The number of aromatic hydroxyl groups is 1. The van der Waals surface area contributed by atoms with E-state index in [0.717, 1.165) is 5.56 Å². The third kappa shape index (κ3) is 4.06. The summed E-state index contributed by atoms with van der Waals surface area (Å²) in [6, 6.07) is 5.70. The second-order valence-corrected chi connectivity index (χ2v) is 4.14. The summed E-state index contributed by atoms with van der Waals surface area (Å²) in [6.45, 7) is -0.151. The minimum atomic E-state index is -0.737. The molecule has 0 aliphatic rings. The summed E-state index contributed by atoms with van der Waals surface area (Å²) in [5, 5.41) is 9.13. The van der Waals surface area contributed by atoms with Gasteiger partial charge < -0.3 is 21.5 Å². The molecule has 0 bridgehead atoms. The van der Waals surface area contributed by atoms with Crippen LogP contribution in [0.5, 0.6) is 5.75 Å². The molecule has 1 aromatic rings. The third-order valence-electron chi connectivity index (χ3n) is 2.48. The Morgan fingerprint density at radius 3 is 2.39 bits per heavy atom. The van der Waals surface area contributed by atoms with Gasteiger partial charge in [0.05, 0.1) is 12.6 Å². The molecule has 0 heterocycles. The highest BCUT2D eigenvalue weighted by Gasteiger charge is 2.19. The second kappa shape index (κ2) is 6.02. The first-order chi connectivity index (χ1) is 8.40. The Labute approximate surface area is 105 Å². The maximum Gasteiger partial charge on any atom is 0.240 e. The number of primary amides is 1. The summed E-state index contributed by atoms with van der Waals surface area (Å²) >= 11 is 0. The van der Waals surface area contributed by atoms with Crippen LogP contribution in [0.3, 0.4) is 0 Å². The molecule has 1 atom stereocenters. The SMILES string of the molecule is CN(CC(N)=O)C(=O)C(N)Cc1ccc(O)cc1. The van der Waals surface area contributed by atoms with Gasteiger partial charge in [-0.05, 0) is 24.1 Å². The summed E-state index contributed by atoms with van der Waals surface area (Å²) in [5.74, 6) is -0.769. The van der Waals surface area contributed by atoms with Gasteiger partial charge in [-0.25, -0.2) is 0 Å². The number of nitrogens with zero attached hydrogens (tertiary/aromatic N) is 1. The number of nitrogens with two attached hydrogens (primary N) is 2. The number of phenolic OH excluding ortho intramolecular Hbond substituents is 1. The molecule has 0 saturated heterocycles. The van der Waals surface area contributed by atoms with Crippen LogP contribution in [-0.2, 0) is 16.0 Å². The molecule has 2 amide bonds. The van der Waals surface area contributed by atoms with Crippen molar-refractivity contribution in [2.45, 2.75) is 12.5 Å². The Morgan fingerprint density at radius 1 is 1.33 bits per heavy atom. The largest absolute Gasteiger partial charge is 0.508 e. The van der Waals surface area contributed by atoms with Gasteiger partial charge in [0.15, 0.2) is 0 Å². The summed E-state index contributed by atoms with van der Waals surface area (Å²) < 4.78 is 0. The Morgan fingerprint density at radius 2 is 1.89 bits per heavy atom. The number of benzene rings is 1. The van der Waals surface area contributed by atoms with Gasteiger partial charge in [0.1, 0.15) is 5.75 Å². The van der Waals surface area contributed by atoms with E-state index in [2.05, 4.69) is 0 Å². The lowest BCUT2D eigenvalue weighted by molar-refractivity contribution is -0.134. The summed E-state index contributed by atoms with van der Waals surface area (Å²) in [7, 11) is 1.48. The topological polar surface area (TPSA) is 110 Å². The number of phenols is 1. The maximum atomic E-state index is 11.8. The van der Waals surface area contributed by atoms with E-state index in [0.29, 0.717) is 6.42 Å². The Hall–Kier alpha value is -2.08. The van der Waals surface area contributed by atoms with Crippen molar-refractivity contribution in [2.24, 2.45) is 11.5 Å². The van der Waals surface area contributed by atoms with E-state index in [9.17, 15) is 9.59 Å². The molecule has 1 aromatic carbocycles. The van der Waals surface area contributed by atoms with E-state index in [4.69, 9.17) is 16.6 Å². The number of likely N-dealkylation sites (N-methyl/N-ethyl adjacent to an activating group) is 1. The highest BCUT2D eigenvalue weighted by molar-refractivity contribution is 5.86. The van der Waals surface area contributed by atoms with Gasteiger partial charge in [-0.2, -0.15) is 0 Å². The standard InChI is InChI=1S/C12H17N3O3/c1-15(7-11(14)17)12(18)10(13)6-8-2-4-9(16)5-3-8/h2-5,10,16H,6-7,13H2,1H3,(H2,14,17). The van der Waals surface area contributed by atoms with Crippen molar-refractivity contribution in [3.05, 3.63) is 29.8 Å². The van der Waals surface area contributed by atoms with E-state index >= 15 is 0 Å². The number of rotatable bonds is 5. The molecule has 0 spiro atoms. The number of hydrogen-bond acceptors (Lipinski definition) is 4. The molecule has 0 fully saturated rings. The first kappa shape index (κ1) is 14.0. The normalized spacial score (nSPS) is 11.9. The smallest absolute Gasteiger partial charge is 0.240 e. The lowest BCUT2D eigenvalue weighted by Crippen LogP contribution is -2.45. The van der Waals surface area contributed by atoms with Crippen molar-refractivity contribution < 1.29 is 14.7 Å². The Balaban J connectivity index is 2.59. The average Bonchev–Trinajstić information content (AvgIpc) is 2.30. The quantitative estimate of drug-likeness (QED) is 0.636.